The Morgan fingerprint density at radius 3 is 3.00 bits per heavy atom. The number of thiazole rings is 1. The molecule has 62 valence electrons. The summed E-state index contributed by atoms with van der Waals surface area (Å²) < 4.78 is 2.06. The second kappa shape index (κ2) is 2.98. The van der Waals surface area contributed by atoms with Crippen LogP contribution in [0.4, 0.5) is 0 Å². The van der Waals surface area contributed by atoms with Crippen molar-refractivity contribution in [2.24, 2.45) is 0 Å². The topological polar surface area (TPSA) is 12.9 Å². The van der Waals surface area contributed by atoms with E-state index in [-0.39, 0.29) is 0 Å². The lowest BCUT2D eigenvalue weighted by Crippen LogP contribution is -1.73. The van der Waals surface area contributed by atoms with Crippen LogP contribution in [0.3, 0.4) is 0 Å². The van der Waals surface area contributed by atoms with E-state index in [1.54, 1.807) is 11.3 Å². The van der Waals surface area contributed by atoms with Gasteiger partial charge in [-0.2, -0.15) is 0 Å². The first-order valence-corrected chi connectivity index (χ1v) is 5.38. The lowest BCUT2D eigenvalue weighted by atomic mass is 10.3. The van der Waals surface area contributed by atoms with Crippen LogP contribution in [-0.2, 0) is 0 Å². The van der Waals surface area contributed by atoms with Gasteiger partial charge in [-0.25, -0.2) is 4.98 Å². The van der Waals surface area contributed by atoms with Crippen molar-refractivity contribution in [3.8, 4) is 0 Å². The molecule has 2 aromatic rings. The molecule has 0 spiro atoms. The first-order chi connectivity index (χ1) is 5.68. The Bertz CT molecular complexity index is 438. The lowest BCUT2D eigenvalue weighted by molar-refractivity contribution is 1.34. The zero-order chi connectivity index (χ0) is 8.72. The summed E-state index contributed by atoms with van der Waals surface area (Å²) in [5.41, 5.74) is 0.963. The largest absolute Gasteiger partial charge is 0.240 e. The summed E-state index contributed by atoms with van der Waals surface area (Å²) in [5.74, 6) is 0. The Morgan fingerprint density at radius 2 is 2.25 bits per heavy atom. The van der Waals surface area contributed by atoms with Crippen LogP contribution >= 0.6 is 38.9 Å². The fraction of sp³-hybridized carbons (Fsp3) is 0.125. The fourth-order valence-electron chi connectivity index (χ4n) is 1.05. The van der Waals surface area contributed by atoms with Crippen LogP contribution in [-0.4, -0.2) is 4.98 Å². The maximum Gasteiger partial charge on any atom is 0.0972 e. The first-order valence-electron chi connectivity index (χ1n) is 3.39. The maximum absolute atomic E-state index is 5.91. The van der Waals surface area contributed by atoms with Crippen molar-refractivity contribution in [3.63, 3.8) is 0 Å². The average Bonchev–Trinajstić information content (AvgIpc) is 2.39. The molecule has 0 atom stereocenters. The molecule has 2 rings (SSSR count). The highest BCUT2D eigenvalue weighted by Gasteiger charge is 2.06. The van der Waals surface area contributed by atoms with Crippen molar-refractivity contribution in [2.75, 3.05) is 0 Å². The number of nitrogens with zero attached hydrogens (tertiary/aromatic N) is 1. The predicted octanol–water partition coefficient (Wildman–Crippen LogP) is 4.02. The first kappa shape index (κ1) is 8.48. The number of rotatable bonds is 0. The Balaban J connectivity index is 2.89. The van der Waals surface area contributed by atoms with Gasteiger partial charge in [-0.1, -0.05) is 11.6 Å². The van der Waals surface area contributed by atoms with Gasteiger partial charge in [-0.3, -0.25) is 0 Å². The van der Waals surface area contributed by atoms with Gasteiger partial charge >= 0.3 is 0 Å². The summed E-state index contributed by atoms with van der Waals surface area (Å²) in [6.07, 6.45) is 0. The number of hydrogen-bond donors (Lipinski definition) is 0. The molecule has 0 saturated heterocycles. The molecule has 0 saturated carbocycles. The van der Waals surface area contributed by atoms with Crippen molar-refractivity contribution in [3.05, 3.63) is 26.6 Å². The Hall–Kier alpha value is -0.120. The normalized spacial score (nSPS) is 10.9. The Labute approximate surface area is 87.5 Å². The van der Waals surface area contributed by atoms with Gasteiger partial charge in [0, 0.05) is 0 Å². The van der Waals surface area contributed by atoms with Crippen molar-refractivity contribution < 1.29 is 0 Å². The quantitative estimate of drug-likeness (QED) is 0.699. The number of benzene rings is 1. The molecule has 1 aromatic carbocycles. The highest BCUT2D eigenvalue weighted by atomic mass is 79.9. The summed E-state index contributed by atoms with van der Waals surface area (Å²) >= 11 is 11.0. The molecular weight excluding hydrogens is 258 g/mol. The molecule has 0 bridgehead atoms. The molecule has 1 heterocycles. The van der Waals surface area contributed by atoms with E-state index in [9.17, 15) is 0 Å². The van der Waals surface area contributed by atoms with Gasteiger partial charge in [-0.05, 0) is 35.0 Å². The Kier molecular flexibility index (Phi) is 2.10. The maximum atomic E-state index is 5.91. The number of aromatic nitrogens is 1. The minimum absolute atomic E-state index is 0.716. The van der Waals surface area contributed by atoms with Crippen LogP contribution in [0, 0.1) is 6.92 Å². The van der Waals surface area contributed by atoms with Gasteiger partial charge in [0.25, 0.3) is 0 Å². The molecule has 0 fully saturated rings. The van der Waals surface area contributed by atoms with Crippen LogP contribution in [0.25, 0.3) is 10.2 Å². The molecule has 0 unspecified atom stereocenters. The van der Waals surface area contributed by atoms with Crippen molar-refractivity contribution in [1.82, 2.24) is 4.98 Å². The lowest BCUT2D eigenvalue weighted by Gasteiger charge is -1.94. The predicted molar refractivity (Wildman–Crippen MR) is 57.1 cm³/mol. The summed E-state index contributed by atoms with van der Waals surface area (Å²) in [6, 6.07) is 3.87. The van der Waals surface area contributed by atoms with Gasteiger partial charge < -0.3 is 0 Å². The van der Waals surface area contributed by atoms with E-state index in [2.05, 4.69) is 20.9 Å². The van der Waals surface area contributed by atoms with E-state index in [4.69, 9.17) is 11.6 Å². The molecular formula is C8H5BrClNS. The summed E-state index contributed by atoms with van der Waals surface area (Å²) in [4.78, 5) is 4.36. The summed E-state index contributed by atoms with van der Waals surface area (Å²) in [6.45, 7) is 1.99. The highest BCUT2D eigenvalue weighted by molar-refractivity contribution is 9.10. The third kappa shape index (κ3) is 1.26. The Morgan fingerprint density at radius 1 is 1.50 bits per heavy atom. The number of halogens is 2. The second-order valence-electron chi connectivity index (χ2n) is 2.44. The van der Waals surface area contributed by atoms with E-state index in [0.717, 1.165) is 15.0 Å². The molecule has 0 aliphatic rings. The van der Waals surface area contributed by atoms with E-state index >= 15 is 0 Å². The van der Waals surface area contributed by atoms with Crippen molar-refractivity contribution in [1.29, 1.82) is 0 Å². The van der Waals surface area contributed by atoms with Crippen molar-refractivity contribution >= 4 is 49.1 Å². The third-order valence-electron chi connectivity index (χ3n) is 1.56. The van der Waals surface area contributed by atoms with E-state index in [1.165, 1.54) is 4.70 Å². The van der Waals surface area contributed by atoms with E-state index in [0.29, 0.717) is 5.02 Å². The van der Waals surface area contributed by atoms with Gasteiger partial charge in [0.05, 0.1) is 24.7 Å². The smallest absolute Gasteiger partial charge is 0.0972 e. The minimum atomic E-state index is 0.716. The summed E-state index contributed by atoms with van der Waals surface area (Å²) in [5, 5.41) is 1.78. The monoisotopic (exact) mass is 261 g/mol. The molecule has 0 aliphatic carbocycles. The number of aryl methyl sites for hydroxylation is 1. The molecule has 12 heavy (non-hydrogen) atoms. The van der Waals surface area contributed by atoms with Crippen LogP contribution in [0.15, 0.2) is 16.6 Å². The van der Waals surface area contributed by atoms with Crippen molar-refractivity contribution in [2.45, 2.75) is 6.92 Å². The van der Waals surface area contributed by atoms with Gasteiger partial charge in [0.2, 0.25) is 0 Å². The van der Waals surface area contributed by atoms with Gasteiger partial charge in [0.15, 0.2) is 0 Å². The molecule has 0 radical (unpaired) electrons. The van der Waals surface area contributed by atoms with Crippen LogP contribution < -0.4 is 0 Å². The van der Waals surface area contributed by atoms with E-state index in [1.807, 2.05) is 19.1 Å². The summed E-state index contributed by atoms with van der Waals surface area (Å²) in [7, 11) is 0. The molecule has 1 aromatic heterocycles. The number of hydrogen-bond acceptors (Lipinski definition) is 2. The van der Waals surface area contributed by atoms with E-state index < -0.39 is 0 Å². The second-order valence-corrected chi connectivity index (χ2v) is 4.88. The molecule has 0 amide bonds. The van der Waals surface area contributed by atoms with Crippen LogP contribution in [0.1, 0.15) is 5.01 Å². The molecule has 0 aliphatic heterocycles. The highest BCUT2D eigenvalue weighted by Crippen LogP contribution is 2.33. The third-order valence-corrected chi connectivity index (χ3v) is 3.84. The van der Waals surface area contributed by atoms with Crippen LogP contribution in [0.2, 0.25) is 5.02 Å². The molecule has 0 N–H and O–H groups in total. The van der Waals surface area contributed by atoms with Gasteiger partial charge in [0.1, 0.15) is 0 Å². The SMILES string of the molecule is Cc1nc2c(Br)c(Cl)ccc2s1. The van der Waals surface area contributed by atoms with Gasteiger partial charge in [-0.15, -0.1) is 11.3 Å². The minimum Gasteiger partial charge on any atom is -0.240 e. The van der Waals surface area contributed by atoms with Crippen LogP contribution in [0.5, 0.6) is 0 Å². The number of fused-ring (bicyclic) bond motifs is 1. The molecule has 1 nitrogen and oxygen atoms in total. The average molecular weight is 263 g/mol. The zero-order valence-electron chi connectivity index (χ0n) is 6.27. The zero-order valence-corrected chi connectivity index (χ0v) is 9.42. The molecule has 4 heteroatoms. The standard InChI is InChI=1S/C8H5BrClNS/c1-4-11-8-6(12-4)3-2-5(10)7(8)9/h2-3H,1H3. The fourth-order valence-corrected chi connectivity index (χ4v) is 2.60.